The van der Waals surface area contributed by atoms with E-state index in [0.717, 1.165) is 38.8 Å². The number of nitrogens with zero attached hydrogens (tertiary/aromatic N) is 2. The summed E-state index contributed by atoms with van der Waals surface area (Å²) in [5, 5.41) is 0. The van der Waals surface area contributed by atoms with E-state index in [1.54, 1.807) is 13.8 Å². The molecule has 1 aromatic rings. The number of hydrogen-bond acceptors (Lipinski definition) is 6. The van der Waals surface area contributed by atoms with Crippen molar-refractivity contribution < 1.29 is 18.7 Å². The summed E-state index contributed by atoms with van der Waals surface area (Å²) in [5.74, 6) is 0.116. The Morgan fingerprint density at radius 2 is 1.79 bits per heavy atom. The van der Waals surface area contributed by atoms with Gasteiger partial charge in [0, 0.05) is 0 Å². The molecule has 0 bridgehead atoms. The van der Waals surface area contributed by atoms with Gasteiger partial charge in [-0.25, -0.2) is 4.79 Å². The highest BCUT2D eigenvalue weighted by atomic mass is 16.5. The molecule has 2 heterocycles. The Morgan fingerprint density at radius 1 is 1.17 bits per heavy atom. The van der Waals surface area contributed by atoms with Crippen LogP contribution in [-0.2, 0) is 9.47 Å². The second kappa shape index (κ2) is 5.76. The van der Waals surface area contributed by atoms with E-state index in [1.165, 1.54) is 19.3 Å². The Kier molecular flexibility index (Phi) is 3.82. The first-order valence-corrected chi connectivity index (χ1v) is 9.15. The summed E-state index contributed by atoms with van der Waals surface area (Å²) in [6.07, 6.45) is 8.10. The van der Waals surface area contributed by atoms with Gasteiger partial charge in [-0.15, -0.1) is 0 Å². The minimum absolute atomic E-state index is 0.0466. The summed E-state index contributed by atoms with van der Waals surface area (Å²) in [4.78, 5) is 18.7. The zero-order valence-corrected chi connectivity index (χ0v) is 14.6. The molecule has 1 saturated heterocycles. The SMILES string of the molecule is CCOC(=O)c1nc(N2CC3(CCCC3)OC3(CCC3)C2)oc1C. The van der Waals surface area contributed by atoms with E-state index in [4.69, 9.17) is 13.9 Å². The monoisotopic (exact) mass is 334 g/mol. The Hall–Kier alpha value is -1.56. The number of ether oxygens (including phenoxy) is 2. The van der Waals surface area contributed by atoms with Crippen LogP contribution >= 0.6 is 0 Å². The van der Waals surface area contributed by atoms with Crippen LogP contribution in [0.4, 0.5) is 6.01 Å². The third-order valence-corrected chi connectivity index (χ3v) is 5.70. The molecule has 4 rings (SSSR count). The number of carbonyl (C=O) groups excluding carboxylic acids is 1. The quantitative estimate of drug-likeness (QED) is 0.791. The normalized spacial score (nSPS) is 24.3. The molecule has 24 heavy (non-hydrogen) atoms. The lowest BCUT2D eigenvalue weighted by atomic mass is 9.77. The molecule has 0 unspecified atom stereocenters. The number of hydrogen-bond donors (Lipinski definition) is 0. The largest absolute Gasteiger partial charge is 0.461 e. The lowest BCUT2D eigenvalue weighted by molar-refractivity contribution is -0.199. The maximum absolute atomic E-state index is 12.0. The number of oxazole rings is 1. The van der Waals surface area contributed by atoms with E-state index in [0.29, 0.717) is 24.1 Å². The highest BCUT2D eigenvalue weighted by Gasteiger charge is 2.53. The summed E-state index contributed by atoms with van der Waals surface area (Å²) >= 11 is 0. The van der Waals surface area contributed by atoms with E-state index in [2.05, 4.69) is 9.88 Å². The van der Waals surface area contributed by atoms with Crippen LogP contribution in [0.15, 0.2) is 4.42 Å². The van der Waals surface area contributed by atoms with Crippen LogP contribution < -0.4 is 4.90 Å². The number of anilines is 1. The van der Waals surface area contributed by atoms with E-state index in [9.17, 15) is 4.79 Å². The maximum atomic E-state index is 12.0. The highest BCUT2D eigenvalue weighted by molar-refractivity contribution is 5.88. The molecule has 6 heteroatoms. The minimum atomic E-state index is -0.410. The molecule has 2 spiro atoms. The number of morpholine rings is 1. The lowest BCUT2D eigenvalue weighted by Gasteiger charge is -2.55. The number of esters is 1. The first-order chi connectivity index (χ1) is 11.5. The van der Waals surface area contributed by atoms with Crippen LogP contribution in [0, 0.1) is 6.92 Å². The average molecular weight is 334 g/mol. The van der Waals surface area contributed by atoms with E-state index in [1.807, 2.05) is 0 Å². The fourth-order valence-corrected chi connectivity index (χ4v) is 4.43. The molecule has 132 valence electrons. The van der Waals surface area contributed by atoms with E-state index in [-0.39, 0.29) is 11.2 Å². The van der Waals surface area contributed by atoms with E-state index < -0.39 is 5.97 Å². The molecule has 2 aliphatic carbocycles. The number of aryl methyl sites for hydroxylation is 1. The molecule has 1 aromatic heterocycles. The van der Waals surface area contributed by atoms with Gasteiger partial charge in [0.25, 0.3) is 6.01 Å². The molecule has 0 radical (unpaired) electrons. The Morgan fingerprint density at radius 3 is 2.33 bits per heavy atom. The topological polar surface area (TPSA) is 64.8 Å². The fraction of sp³-hybridized carbons (Fsp3) is 0.778. The third-order valence-electron chi connectivity index (χ3n) is 5.70. The Labute approximate surface area is 142 Å². The molecule has 2 saturated carbocycles. The lowest BCUT2D eigenvalue weighted by Crippen LogP contribution is -2.63. The zero-order valence-electron chi connectivity index (χ0n) is 14.6. The van der Waals surface area contributed by atoms with Crippen molar-refractivity contribution in [3.05, 3.63) is 11.5 Å². The van der Waals surface area contributed by atoms with Gasteiger partial charge in [0.1, 0.15) is 5.76 Å². The molecule has 0 atom stereocenters. The summed E-state index contributed by atoms with van der Waals surface area (Å²) in [7, 11) is 0. The molecular weight excluding hydrogens is 308 g/mol. The second-order valence-electron chi connectivity index (χ2n) is 7.51. The fourth-order valence-electron chi connectivity index (χ4n) is 4.43. The molecule has 0 amide bonds. The summed E-state index contributed by atoms with van der Waals surface area (Å²) in [5.41, 5.74) is 0.182. The third kappa shape index (κ3) is 2.61. The number of aromatic nitrogens is 1. The van der Waals surface area contributed by atoms with Crippen molar-refractivity contribution in [1.29, 1.82) is 0 Å². The van der Waals surface area contributed by atoms with Gasteiger partial charge in [0.2, 0.25) is 0 Å². The van der Waals surface area contributed by atoms with Crippen LogP contribution in [0.25, 0.3) is 0 Å². The van der Waals surface area contributed by atoms with Gasteiger partial charge in [-0.1, -0.05) is 12.8 Å². The summed E-state index contributed by atoms with van der Waals surface area (Å²) < 4.78 is 17.5. The van der Waals surface area contributed by atoms with Crippen molar-refractivity contribution in [2.75, 3.05) is 24.6 Å². The van der Waals surface area contributed by atoms with Crippen LogP contribution in [0.3, 0.4) is 0 Å². The number of rotatable bonds is 3. The molecule has 0 N–H and O–H groups in total. The van der Waals surface area contributed by atoms with Gasteiger partial charge >= 0.3 is 5.97 Å². The van der Waals surface area contributed by atoms with Crippen molar-refractivity contribution in [3.8, 4) is 0 Å². The number of carbonyl (C=O) groups is 1. The minimum Gasteiger partial charge on any atom is -0.461 e. The molecule has 3 fully saturated rings. The molecule has 0 aromatic carbocycles. The molecule has 3 aliphatic rings. The van der Waals surface area contributed by atoms with Crippen molar-refractivity contribution >= 4 is 12.0 Å². The van der Waals surface area contributed by atoms with Gasteiger partial charge in [0.15, 0.2) is 5.69 Å². The van der Waals surface area contributed by atoms with Crippen LogP contribution in [0.2, 0.25) is 0 Å². The Balaban J connectivity index is 1.60. The van der Waals surface area contributed by atoms with Crippen LogP contribution in [0.1, 0.15) is 68.1 Å². The maximum Gasteiger partial charge on any atom is 0.360 e. The van der Waals surface area contributed by atoms with Gasteiger partial charge in [0.05, 0.1) is 30.9 Å². The summed E-state index contributed by atoms with van der Waals surface area (Å²) in [6.45, 7) is 5.51. The molecule has 6 nitrogen and oxygen atoms in total. The highest BCUT2D eigenvalue weighted by Crippen LogP contribution is 2.48. The zero-order chi connectivity index (χ0) is 16.8. The Bertz CT molecular complexity index is 629. The standard InChI is InChI=1S/C18H26N2O4/c1-3-22-15(21)14-13(2)23-16(19-14)20-11-17(7-4-5-8-17)24-18(12-20)9-6-10-18/h3-12H2,1-2H3. The van der Waals surface area contributed by atoms with Crippen molar-refractivity contribution in [2.45, 2.75) is 70.0 Å². The second-order valence-corrected chi connectivity index (χ2v) is 7.51. The smallest absolute Gasteiger partial charge is 0.360 e. The predicted molar refractivity (Wildman–Crippen MR) is 88.3 cm³/mol. The van der Waals surface area contributed by atoms with Crippen molar-refractivity contribution in [3.63, 3.8) is 0 Å². The first kappa shape index (κ1) is 15.9. The van der Waals surface area contributed by atoms with Gasteiger partial charge in [-0.2, -0.15) is 4.98 Å². The van der Waals surface area contributed by atoms with Crippen LogP contribution in [-0.4, -0.2) is 41.9 Å². The van der Waals surface area contributed by atoms with Crippen LogP contribution in [0.5, 0.6) is 0 Å². The van der Waals surface area contributed by atoms with E-state index >= 15 is 0 Å². The predicted octanol–water partition coefficient (Wildman–Crippen LogP) is 3.23. The summed E-state index contributed by atoms with van der Waals surface area (Å²) in [6, 6.07) is 0.538. The molecular formula is C18H26N2O4. The molecule has 1 aliphatic heterocycles. The van der Waals surface area contributed by atoms with Crippen molar-refractivity contribution in [1.82, 2.24) is 4.98 Å². The van der Waals surface area contributed by atoms with Gasteiger partial charge in [-0.05, 0) is 46.0 Å². The first-order valence-electron chi connectivity index (χ1n) is 9.15. The van der Waals surface area contributed by atoms with Gasteiger partial charge in [-0.3, -0.25) is 0 Å². The van der Waals surface area contributed by atoms with Crippen molar-refractivity contribution in [2.24, 2.45) is 0 Å². The average Bonchev–Trinajstić information content (AvgIpc) is 3.12. The van der Waals surface area contributed by atoms with Gasteiger partial charge < -0.3 is 18.8 Å².